The second kappa shape index (κ2) is 9.53. The lowest BCUT2D eigenvalue weighted by atomic mass is 10.1. The van der Waals surface area contributed by atoms with Gasteiger partial charge < -0.3 is 5.11 Å². The second-order valence-electron chi connectivity index (χ2n) is 4.96. The minimum Gasteiger partial charge on any atom is -0.481 e. The van der Waals surface area contributed by atoms with Crippen molar-refractivity contribution in [2.24, 2.45) is 0 Å². The first kappa shape index (κ1) is 17.6. The molecule has 1 N–H and O–H groups in total. The Morgan fingerprint density at radius 1 is 0.947 bits per heavy atom. The number of hydrogen-bond acceptors (Lipinski definition) is 3. The van der Waals surface area contributed by atoms with E-state index >= 15 is 0 Å². The Bertz CT molecular complexity index is 313. The maximum absolute atomic E-state index is 12.0. The summed E-state index contributed by atoms with van der Waals surface area (Å²) < 4.78 is 0. The average molecular weight is 271 g/mol. The third-order valence-corrected chi connectivity index (χ3v) is 2.83. The molecule has 0 aromatic rings. The zero-order valence-corrected chi connectivity index (χ0v) is 12.1. The van der Waals surface area contributed by atoms with E-state index in [-0.39, 0.29) is 37.1 Å². The van der Waals surface area contributed by atoms with Crippen LogP contribution in [0.15, 0.2) is 0 Å². The van der Waals surface area contributed by atoms with Crippen molar-refractivity contribution in [2.75, 3.05) is 0 Å². The lowest BCUT2D eigenvalue weighted by Crippen LogP contribution is -2.41. The molecule has 0 bridgehead atoms. The molecule has 19 heavy (non-hydrogen) atoms. The third-order valence-electron chi connectivity index (χ3n) is 2.83. The molecule has 0 unspecified atom stereocenters. The van der Waals surface area contributed by atoms with Gasteiger partial charge in [-0.1, -0.05) is 19.8 Å². The van der Waals surface area contributed by atoms with E-state index in [1.54, 1.807) is 13.8 Å². The van der Waals surface area contributed by atoms with Crippen molar-refractivity contribution in [3.8, 4) is 0 Å². The Balaban J connectivity index is 4.33. The molecule has 0 aromatic carbocycles. The normalized spacial score (nSPS) is 10.5. The van der Waals surface area contributed by atoms with Crippen LogP contribution in [0.1, 0.15) is 65.7 Å². The van der Waals surface area contributed by atoms with E-state index in [0.29, 0.717) is 6.42 Å². The molecule has 0 saturated heterocycles. The molecule has 0 radical (unpaired) electrons. The number of imide groups is 1. The molecule has 0 heterocycles. The highest BCUT2D eigenvalue weighted by Crippen LogP contribution is 2.10. The summed E-state index contributed by atoms with van der Waals surface area (Å²) in [6.45, 7) is 5.65. The fourth-order valence-corrected chi connectivity index (χ4v) is 1.87. The minimum absolute atomic E-state index is 0.0400. The molecule has 5 heteroatoms. The van der Waals surface area contributed by atoms with Crippen molar-refractivity contribution >= 4 is 17.8 Å². The average Bonchev–Trinajstić information content (AvgIpc) is 2.28. The van der Waals surface area contributed by atoms with Gasteiger partial charge in [0.1, 0.15) is 0 Å². The van der Waals surface area contributed by atoms with Gasteiger partial charge in [0.15, 0.2) is 0 Å². The molecule has 2 amide bonds. The van der Waals surface area contributed by atoms with Crippen LogP contribution in [0.25, 0.3) is 0 Å². The number of carboxylic acid groups (broad SMARTS) is 1. The predicted octanol–water partition coefficient (Wildman–Crippen LogP) is 2.59. The van der Waals surface area contributed by atoms with Crippen LogP contribution < -0.4 is 0 Å². The van der Waals surface area contributed by atoms with Gasteiger partial charge in [-0.15, -0.1) is 0 Å². The monoisotopic (exact) mass is 271 g/mol. The maximum Gasteiger partial charge on any atom is 0.303 e. The highest BCUT2D eigenvalue weighted by atomic mass is 16.4. The molecule has 5 nitrogen and oxygen atoms in total. The molecule has 0 aliphatic carbocycles. The van der Waals surface area contributed by atoms with Crippen molar-refractivity contribution in [3.63, 3.8) is 0 Å². The molecule has 0 spiro atoms. The molecular weight excluding hydrogens is 246 g/mol. The smallest absolute Gasteiger partial charge is 0.303 e. The second-order valence-corrected chi connectivity index (χ2v) is 4.96. The van der Waals surface area contributed by atoms with Gasteiger partial charge in [0.2, 0.25) is 11.8 Å². The summed E-state index contributed by atoms with van der Waals surface area (Å²) in [4.78, 5) is 35.6. The summed E-state index contributed by atoms with van der Waals surface area (Å²) in [7, 11) is 0. The van der Waals surface area contributed by atoms with Crippen LogP contribution in [-0.4, -0.2) is 33.8 Å². The van der Waals surface area contributed by atoms with Crippen LogP contribution in [0.3, 0.4) is 0 Å². The summed E-state index contributed by atoms with van der Waals surface area (Å²) in [5, 5.41) is 8.53. The first-order valence-corrected chi connectivity index (χ1v) is 6.96. The van der Waals surface area contributed by atoms with Gasteiger partial charge in [0.05, 0.1) is 0 Å². The van der Waals surface area contributed by atoms with E-state index in [1.807, 2.05) is 0 Å². The van der Waals surface area contributed by atoms with E-state index in [9.17, 15) is 14.4 Å². The molecule has 0 aliphatic heterocycles. The van der Waals surface area contributed by atoms with E-state index in [4.69, 9.17) is 5.11 Å². The number of carbonyl (C=O) groups is 3. The highest BCUT2D eigenvalue weighted by Gasteiger charge is 2.23. The van der Waals surface area contributed by atoms with Crippen LogP contribution in [0.4, 0.5) is 0 Å². The van der Waals surface area contributed by atoms with Crippen LogP contribution in [0.2, 0.25) is 0 Å². The highest BCUT2D eigenvalue weighted by molar-refractivity contribution is 5.95. The summed E-state index contributed by atoms with van der Waals surface area (Å²) in [6, 6.07) is -0.175. The van der Waals surface area contributed by atoms with E-state index in [1.165, 1.54) is 4.90 Å². The van der Waals surface area contributed by atoms with Crippen molar-refractivity contribution in [1.82, 2.24) is 4.90 Å². The summed E-state index contributed by atoms with van der Waals surface area (Å²) in [5.74, 6) is -1.33. The van der Waals surface area contributed by atoms with E-state index in [0.717, 1.165) is 19.3 Å². The number of unbranched alkanes of at least 4 members (excludes halogenated alkanes) is 2. The fourth-order valence-electron chi connectivity index (χ4n) is 1.87. The number of rotatable bonds is 9. The quantitative estimate of drug-likeness (QED) is 0.654. The number of nitrogens with zero attached hydrogens (tertiary/aromatic N) is 1. The molecule has 0 rings (SSSR count). The molecule has 110 valence electrons. The van der Waals surface area contributed by atoms with Gasteiger partial charge in [0, 0.05) is 25.3 Å². The third kappa shape index (κ3) is 7.59. The number of amides is 2. The fraction of sp³-hybridized carbons (Fsp3) is 0.786. The molecule has 0 aliphatic rings. The first-order valence-electron chi connectivity index (χ1n) is 6.96. The van der Waals surface area contributed by atoms with Crippen molar-refractivity contribution in [3.05, 3.63) is 0 Å². The SMILES string of the molecule is CCCCCC(=O)N(C(=O)CCCC(=O)O)C(C)C. The molecule has 0 fully saturated rings. The number of carbonyl (C=O) groups excluding carboxylic acids is 2. The van der Waals surface area contributed by atoms with Crippen molar-refractivity contribution < 1.29 is 19.5 Å². The maximum atomic E-state index is 12.0. The van der Waals surface area contributed by atoms with Gasteiger partial charge in [-0.3, -0.25) is 19.3 Å². The van der Waals surface area contributed by atoms with Gasteiger partial charge in [-0.05, 0) is 26.7 Å². The van der Waals surface area contributed by atoms with Crippen molar-refractivity contribution in [2.45, 2.75) is 71.8 Å². The summed E-state index contributed by atoms with van der Waals surface area (Å²) in [6.07, 6.45) is 3.54. The zero-order chi connectivity index (χ0) is 14.8. The van der Waals surface area contributed by atoms with Crippen molar-refractivity contribution in [1.29, 1.82) is 0 Å². The predicted molar refractivity (Wildman–Crippen MR) is 72.6 cm³/mol. The molecule has 0 aromatic heterocycles. The Morgan fingerprint density at radius 2 is 1.47 bits per heavy atom. The van der Waals surface area contributed by atoms with Gasteiger partial charge in [-0.2, -0.15) is 0 Å². The summed E-state index contributed by atoms with van der Waals surface area (Å²) in [5.41, 5.74) is 0. The molecule has 0 saturated carbocycles. The minimum atomic E-state index is -0.918. The topological polar surface area (TPSA) is 74.7 Å². The largest absolute Gasteiger partial charge is 0.481 e. The van der Waals surface area contributed by atoms with Crippen LogP contribution in [0, 0.1) is 0 Å². The Kier molecular flexibility index (Phi) is 8.83. The lowest BCUT2D eigenvalue weighted by Gasteiger charge is -2.25. The van der Waals surface area contributed by atoms with Gasteiger partial charge >= 0.3 is 5.97 Å². The van der Waals surface area contributed by atoms with Crippen LogP contribution in [0.5, 0.6) is 0 Å². The summed E-state index contributed by atoms with van der Waals surface area (Å²) >= 11 is 0. The number of hydrogen-bond donors (Lipinski definition) is 1. The standard InChI is InChI=1S/C14H25NO4/c1-4-5-6-8-12(16)15(11(2)3)13(17)9-7-10-14(18)19/h11H,4-10H2,1-3H3,(H,18,19). The Labute approximate surface area is 115 Å². The number of carboxylic acids is 1. The van der Waals surface area contributed by atoms with E-state index in [2.05, 4.69) is 6.92 Å². The van der Waals surface area contributed by atoms with E-state index < -0.39 is 5.97 Å². The molecule has 0 atom stereocenters. The first-order chi connectivity index (χ1) is 8.90. The lowest BCUT2D eigenvalue weighted by molar-refractivity contribution is -0.147. The van der Waals surface area contributed by atoms with Crippen LogP contribution in [-0.2, 0) is 14.4 Å². The Morgan fingerprint density at radius 3 is 1.89 bits per heavy atom. The van der Waals surface area contributed by atoms with Crippen LogP contribution >= 0.6 is 0 Å². The van der Waals surface area contributed by atoms with Gasteiger partial charge in [-0.25, -0.2) is 0 Å². The van der Waals surface area contributed by atoms with Gasteiger partial charge in [0.25, 0.3) is 0 Å². The number of aliphatic carboxylic acids is 1. The molecular formula is C14H25NO4. The zero-order valence-electron chi connectivity index (χ0n) is 12.1. The Hall–Kier alpha value is -1.39.